The van der Waals surface area contributed by atoms with E-state index in [4.69, 9.17) is 5.84 Å². The zero-order valence-corrected chi connectivity index (χ0v) is 11.0. The smallest absolute Gasteiger partial charge is 0.138 e. The summed E-state index contributed by atoms with van der Waals surface area (Å²) in [5.41, 5.74) is 3.85. The van der Waals surface area contributed by atoms with Gasteiger partial charge in [0.15, 0.2) is 0 Å². The molecule has 0 aliphatic carbocycles. The molecule has 0 aliphatic heterocycles. The van der Waals surface area contributed by atoms with Crippen LogP contribution in [0, 0.1) is 13.8 Å². The Labute approximate surface area is 104 Å². The summed E-state index contributed by atoms with van der Waals surface area (Å²) in [7, 11) is 1.88. The SMILES string of the molecule is Cc1nc(C)c(C(Cc2ncnn2C)NN)s1. The van der Waals surface area contributed by atoms with Gasteiger partial charge in [-0.2, -0.15) is 5.10 Å². The van der Waals surface area contributed by atoms with Crippen LogP contribution < -0.4 is 11.3 Å². The second kappa shape index (κ2) is 4.91. The molecule has 2 heterocycles. The van der Waals surface area contributed by atoms with Gasteiger partial charge in [0.2, 0.25) is 0 Å². The van der Waals surface area contributed by atoms with Crippen LogP contribution in [0.15, 0.2) is 6.33 Å². The fourth-order valence-corrected chi connectivity index (χ4v) is 2.77. The molecule has 1 unspecified atom stereocenters. The molecule has 0 amide bonds. The third kappa shape index (κ3) is 2.51. The maximum atomic E-state index is 5.62. The van der Waals surface area contributed by atoms with Crippen LogP contribution in [-0.2, 0) is 13.5 Å². The van der Waals surface area contributed by atoms with E-state index in [2.05, 4.69) is 20.5 Å². The fraction of sp³-hybridized carbons (Fsp3) is 0.500. The van der Waals surface area contributed by atoms with Crippen LogP contribution in [0.2, 0.25) is 0 Å². The molecule has 0 saturated carbocycles. The van der Waals surface area contributed by atoms with Gasteiger partial charge in [-0.3, -0.25) is 16.0 Å². The molecule has 1 atom stereocenters. The molecule has 3 N–H and O–H groups in total. The van der Waals surface area contributed by atoms with Crippen molar-refractivity contribution in [1.82, 2.24) is 25.2 Å². The molecule has 0 bridgehead atoms. The highest BCUT2D eigenvalue weighted by Gasteiger charge is 2.18. The molecule has 0 aliphatic rings. The van der Waals surface area contributed by atoms with Gasteiger partial charge in [0.05, 0.1) is 16.7 Å². The Kier molecular flexibility index (Phi) is 3.51. The Balaban J connectivity index is 2.23. The summed E-state index contributed by atoms with van der Waals surface area (Å²) in [5.74, 6) is 6.52. The molecule has 0 spiro atoms. The molecule has 2 aromatic rings. The van der Waals surface area contributed by atoms with E-state index in [0.29, 0.717) is 6.42 Å². The minimum atomic E-state index is 0.0316. The van der Waals surface area contributed by atoms with Crippen LogP contribution in [0.5, 0.6) is 0 Å². The first kappa shape index (κ1) is 12.2. The number of nitrogens with one attached hydrogen (secondary N) is 1. The summed E-state index contributed by atoms with van der Waals surface area (Å²) in [6.45, 7) is 4.00. The van der Waals surface area contributed by atoms with Crippen LogP contribution >= 0.6 is 11.3 Å². The molecule has 2 aromatic heterocycles. The number of hydrogen-bond acceptors (Lipinski definition) is 6. The van der Waals surface area contributed by atoms with Crippen molar-refractivity contribution in [2.75, 3.05) is 0 Å². The average Bonchev–Trinajstić information content (AvgIpc) is 2.82. The summed E-state index contributed by atoms with van der Waals surface area (Å²) in [6.07, 6.45) is 2.25. The van der Waals surface area contributed by atoms with Crippen LogP contribution in [0.3, 0.4) is 0 Å². The van der Waals surface area contributed by atoms with Gasteiger partial charge in [0.25, 0.3) is 0 Å². The average molecular weight is 252 g/mol. The van der Waals surface area contributed by atoms with Gasteiger partial charge in [-0.05, 0) is 13.8 Å². The van der Waals surface area contributed by atoms with Gasteiger partial charge in [-0.15, -0.1) is 11.3 Å². The first-order valence-corrected chi connectivity index (χ1v) is 6.16. The van der Waals surface area contributed by atoms with Gasteiger partial charge in [0, 0.05) is 18.3 Å². The predicted octanol–water partition coefficient (Wildman–Crippen LogP) is 0.636. The Hall–Kier alpha value is -1.31. The molecular formula is C10H16N6S. The molecule has 0 saturated heterocycles. The summed E-state index contributed by atoms with van der Waals surface area (Å²) < 4.78 is 1.76. The predicted molar refractivity (Wildman–Crippen MR) is 66.4 cm³/mol. The molecule has 6 nitrogen and oxygen atoms in total. The quantitative estimate of drug-likeness (QED) is 0.616. The highest BCUT2D eigenvalue weighted by Crippen LogP contribution is 2.26. The normalized spacial score (nSPS) is 12.9. The van der Waals surface area contributed by atoms with Gasteiger partial charge in [0.1, 0.15) is 12.2 Å². The summed E-state index contributed by atoms with van der Waals surface area (Å²) in [6, 6.07) is 0.0316. The minimum Gasteiger partial charge on any atom is -0.271 e. The first-order chi connectivity index (χ1) is 8.11. The lowest BCUT2D eigenvalue weighted by molar-refractivity contribution is 0.527. The highest BCUT2D eigenvalue weighted by atomic mass is 32.1. The van der Waals surface area contributed by atoms with Crippen LogP contribution in [0.4, 0.5) is 0 Å². The number of hydrazine groups is 1. The van der Waals surface area contributed by atoms with E-state index in [0.717, 1.165) is 21.4 Å². The van der Waals surface area contributed by atoms with Gasteiger partial charge in [-0.25, -0.2) is 9.97 Å². The summed E-state index contributed by atoms with van der Waals surface area (Å²) in [4.78, 5) is 9.78. The monoisotopic (exact) mass is 252 g/mol. The number of hydrogen-bond donors (Lipinski definition) is 2. The molecule has 2 rings (SSSR count). The molecule has 92 valence electrons. The van der Waals surface area contributed by atoms with Crippen LogP contribution in [0.25, 0.3) is 0 Å². The van der Waals surface area contributed by atoms with Crippen molar-refractivity contribution >= 4 is 11.3 Å². The van der Waals surface area contributed by atoms with Crippen molar-refractivity contribution in [2.24, 2.45) is 12.9 Å². The van der Waals surface area contributed by atoms with Crippen molar-refractivity contribution in [3.05, 3.63) is 27.7 Å². The number of aryl methyl sites for hydroxylation is 3. The van der Waals surface area contributed by atoms with Crippen molar-refractivity contribution in [1.29, 1.82) is 0 Å². The number of nitrogens with two attached hydrogens (primary N) is 1. The highest BCUT2D eigenvalue weighted by molar-refractivity contribution is 7.11. The lowest BCUT2D eigenvalue weighted by Crippen LogP contribution is -2.30. The lowest BCUT2D eigenvalue weighted by atomic mass is 10.1. The number of thiazole rings is 1. The van der Waals surface area contributed by atoms with Crippen molar-refractivity contribution < 1.29 is 0 Å². The summed E-state index contributed by atoms with van der Waals surface area (Å²) >= 11 is 1.66. The molecule has 17 heavy (non-hydrogen) atoms. The zero-order valence-electron chi connectivity index (χ0n) is 10.1. The molecule has 0 fully saturated rings. The molecule has 0 aromatic carbocycles. The third-order valence-electron chi connectivity index (χ3n) is 2.65. The molecular weight excluding hydrogens is 236 g/mol. The van der Waals surface area contributed by atoms with E-state index in [1.54, 1.807) is 22.3 Å². The Bertz CT molecular complexity index is 503. The van der Waals surface area contributed by atoms with Crippen molar-refractivity contribution in [2.45, 2.75) is 26.3 Å². The maximum absolute atomic E-state index is 5.62. The number of nitrogens with zero attached hydrogens (tertiary/aromatic N) is 4. The maximum Gasteiger partial charge on any atom is 0.138 e. The van der Waals surface area contributed by atoms with Crippen molar-refractivity contribution in [3.8, 4) is 0 Å². The van der Waals surface area contributed by atoms with E-state index in [1.807, 2.05) is 20.9 Å². The van der Waals surface area contributed by atoms with E-state index in [-0.39, 0.29) is 6.04 Å². The first-order valence-electron chi connectivity index (χ1n) is 5.34. The van der Waals surface area contributed by atoms with Gasteiger partial charge < -0.3 is 0 Å². The van der Waals surface area contributed by atoms with Gasteiger partial charge >= 0.3 is 0 Å². The lowest BCUT2D eigenvalue weighted by Gasteiger charge is -2.14. The van der Waals surface area contributed by atoms with Crippen molar-refractivity contribution in [3.63, 3.8) is 0 Å². The standard InChI is InChI=1S/C10H16N6S/c1-6-10(17-7(2)14-6)8(15-11)4-9-12-5-13-16(9)3/h5,8,15H,4,11H2,1-3H3. The second-order valence-electron chi connectivity index (χ2n) is 3.91. The van der Waals surface area contributed by atoms with E-state index in [1.165, 1.54) is 0 Å². The Morgan fingerprint density at radius 3 is 2.76 bits per heavy atom. The summed E-state index contributed by atoms with van der Waals surface area (Å²) in [5, 5.41) is 5.10. The van der Waals surface area contributed by atoms with Crippen LogP contribution in [0.1, 0.15) is 27.4 Å². The topological polar surface area (TPSA) is 81.7 Å². The minimum absolute atomic E-state index is 0.0316. The van der Waals surface area contributed by atoms with E-state index in [9.17, 15) is 0 Å². The van der Waals surface area contributed by atoms with Crippen LogP contribution in [-0.4, -0.2) is 19.7 Å². The Morgan fingerprint density at radius 1 is 1.53 bits per heavy atom. The number of aromatic nitrogens is 4. The number of rotatable bonds is 4. The fourth-order valence-electron chi connectivity index (χ4n) is 1.79. The largest absolute Gasteiger partial charge is 0.271 e. The van der Waals surface area contributed by atoms with Gasteiger partial charge in [-0.1, -0.05) is 0 Å². The van der Waals surface area contributed by atoms with E-state index >= 15 is 0 Å². The zero-order chi connectivity index (χ0) is 12.4. The molecule has 0 radical (unpaired) electrons. The Morgan fingerprint density at radius 2 is 2.29 bits per heavy atom. The third-order valence-corrected chi connectivity index (χ3v) is 3.84. The second-order valence-corrected chi connectivity index (χ2v) is 5.14. The molecule has 7 heteroatoms. The van der Waals surface area contributed by atoms with E-state index < -0.39 is 0 Å².